The predicted molar refractivity (Wildman–Crippen MR) is 186 cm³/mol. The molecule has 1 N–H and O–H groups in total. The van der Waals surface area contributed by atoms with Crippen LogP contribution in [0.5, 0.6) is 0 Å². The van der Waals surface area contributed by atoms with Crippen molar-refractivity contribution in [1.82, 2.24) is 24.1 Å². The van der Waals surface area contributed by atoms with Crippen LogP contribution in [0.4, 0.5) is 0 Å². The number of carbonyl (C=O) groups excluding carboxylic acids is 1. The van der Waals surface area contributed by atoms with Crippen LogP contribution in [0.15, 0.2) is 59.3 Å². The summed E-state index contributed by atoms with van der Waals surface area (Å²) in [6.07, 6.45) is 15.2. The minimum atomic E-state index is -0.967. The number of halogens is 1. The molecule has 0 amide bonds. The number of carboxylic acid groups (broad SMARTS) is 1. The Morgan fingerprint density at radius 1 is 1.00 bits per heavy atom. The average Bonchev–Trinajstić information content (AvgIpc) is 3.72. The van der Waals surface area contributed by atoms with Gasteiger partial charge < -0.3 is 14.2 Å². The van der Waals surface area contributed by atoms with Gasteiger partial charge >= 0.3 is 5.97 Å². The molecule has 9 heteroatoms. The Bertz CT molecular complexity index is 1960. The molecule has 3 heterocycles. The Hall–Kier alpha value is -4.11. The van der Waals surface area contributed by atoms with Gasteiger partial charge in [0.25, 0.3) is 0 Å². The number of ketones is 1. The van der Waals surface area contributed by atoms with Crippen molar-refractivity contribution in [3.05, 3.63) is 81.9 Å². The lowest BCUT2D eigenvalue weighted by molar-refractivity contribution is -0.131. The lowest BCUT2D eigenvalue weighted by Crippen LogP contribution is -2.38. The molecule has 0 atom stereocenters. The van der Waals surface area contributed by atoms with E-state index in [1.807, 2.05) is 37.6 Å². The zero-order valence-electron chi connectivity index (χ0n) is 26.9. The van der Waals surface area contributed by atoms with Crippen molar-refractivity contribution in [2.45, 2.75) is 76.5 Å². The smallest absolute Gasteiger partial charge is 0.328 e. The lowest BCUT2D eigenvalue weighted by Gasteiger charge is -2.40. The van der Waals surface area contributed by atoms with E-state index >= 15 is 0 Å². The van der Waals surface area contributed by atoms with E-state index in [0.717, 1.165) is 58.1 Å². The molecule has 0 saturated heterocycles. The number of carbonyl (C=O) groups is 2. The SMILES string of the molecule is CC(=O)CC1(c2nc3ccc(/C=C/C(=O)O)cc3n2C)CCC1.Cc1ccc2c(C3CCCC3)c(-c3ncc(Br)cn3)n(C)c2c1. The Morgan fingerprint density at radius 2 is 1.72 bits per heavy atom. The molecule has 0 spiro atoms. The maximum absolute atomic E-state index is 11.7. The molecule has 46 heavy (non-hydrogen) atoms. The number of nitrogens with zero attached hydrogens (tertiary/aromatic N) is 5. The molecule has 2 saturated carbocycles. The fraction of sp³-hybridized carbons (Fsp3) is 0.378. The second-order valence-corrected chi connectivity index (χ2v) is 13.9. The van der Waals surface area contributed by atoms with Crippen LogP contribution in [-0.4, -0.2) is 40.9 Å². The maximum atomic E-state index is 11.7. The molecule has 2 aliphatic rings. The third-order valence-corrected chi connectivity index (χ3v) is 10.1. The van der Waals surface area contributed by atoms with Crippen LogP contribution < -0.4 is 0 Å². The summed E-state index contributed by atoms with van der Waals surface area (Å²) in [5.74, 6) is 1.65. The van der Waals surface area contributed by atoms with Gasteiger partial charge in [-0.2, -0.15) is 0 Å². The van der Waals surface area contributed by atoms with Crippen molar-refractivity contribution < 1.29 is 14.7 Å². The molecule has 2 aliphatic carbocycles. The summed E-state index contributed by atoms with van der Waals surface area (Å²) >= 11 is 3.43. The Morgan fingerprint density at radius 3 is 2.35 bits per heavy atom. The minimum Gasteiger partial charge on any atom is -0.478 e. The van der Waals surface area contributed by atoms with Crippen LogP contribution in [-0.2, 0) is 29.1 Å². The van der Waals surface area contributed by atoms with Gasteiger partial charge in [0.05, 0.1) is 21.2 Å². The molecular formula is C37H40BrN5O3. The van der Waals surface area contributed by atoms with Gasteiger partial charge in [0.15, 0.2) is 5.82 Å². The summed E-state index contributed by atoms with van der Waals surface area (Å²) in [5.41, 5.74) is 7.74. The molecule has 0 aliphatic heterocycles. The first-order valence-electron chi connectivity index (χ1n) is 16.0. The highest BCUT2D eigenvalue weighted by molar-refractivity contribution is 9.10. The number of rotatable bonds is 7. The minimum absolute atomic E-state index is 0.128. The first-order valence-corrected chi connectivity index (χ1v) is 16.8. The number of fused-ring (bicyclic) bond motifs is 2. The van der Waals surface area contributed by atoms with Crippen LogP contribution in [0.25, 0.3) is 39.5 Å². The average molecular weight is 683 g/mol. The lowest BCUT2D eigenvalue weighted by atomic mass is 9.65. The van der Waals surface area contributed by atoms with Crippen molar-refractivity contribution in [3.8, 4) is 11.5 Å². The highest BCUT2D eigenvalue weighted by Gasteiger charge is 2.43. The van der Waals surface area contributed by atoms with Crippen molar-refractivity contribution in [2.75, 3.05) is 0 Å². The van der Waals surface area contributed by atoms with E-state index in [4.69, 9.17) is 10.1 Å². The fourth-order valence-corrected chi connectivity index (χ4v) is 7.63. The molecule has 7 rings (SSSR count). The van der Waals surface area contributed by atoms with E-state index in [-0.39, 0.29) is 11.2 Å². The van der Waals surface area contributed by atoms with Crippen LogP contribution in [0, 0.1) is 6.92 Å². The summed E-state index contributed by atoms with van der Waals surface area (Å²) in [5, 5.41) is 10.1. The zero-order chi connectivity index (χ0) is 32.6. The third kappa shape index (κ3) is 6.17. The highest BCUT2D eigenvalue weighted by Crippen LogP contribution is 2.47. The van der Waals surface area contributed by atoms with Gasteiger partial charge in [-0.25, -0.2) is 19.7 Å². The van der Waals surface area contributed by atoms with Crippen LogP contribution in [0.2, 0.25) is 0 Å². The number of hydrogen-bond donors (Lipinski definition) is 1. The molecule has 0 radical (unpaired) electrons. The first kappa shape index (κ1) is 31.9. The highest BCUT2D eigenvalue weighted by atomic mass is 79.9. The summed E-state index contributed by atoms with van der Waals surface area (Å²) in [6, 6.07) is 12.5. The van der Waals surface area contributed by atoms with Crippen molar-refractivity contribution in [1.29, 1.82) is 0 Å². The second-order valence-electron chi connectivity index (χ2n) is 13.0. The summed E-state index contributed by atoms with van der Waals surface area (Å²) in [7, 11) is 4.11. The topological polar surface area (TPSA) is 103 Å². The van der Waals surface area contributed by atoms with E-state index in [0.29, 0.717) is 12.3 Å². The largest absolute Gasteiger partial charge is 0.478 e. The van der Waals surface area contributed by atoms with Crippen molar-refractivity contribution >= 4 is 55.7 Å². The van der Waals surface area contributed by atoms with Crippen molar-refractivity contribution in [2.24, 2.45) is 14.1 Å². The number of aliphatic carboxylic acids is 1. The van der Waals surface area contributed by atoms with Crippen molar-refractivity contribution in [3.63, 3.8) is 0 Å². The number of benzene rings is 2. The molecule has 5 aromatic rings. The molecule has 3 aromatic heterocycles. The molecule has 0 unspecified atom stereocenters. The number of aryl methyl sites for hydroxylation is 3. The van der Waals surface area contributed by atoms with E-state index in [9.17, 15) is 9.59 Å². The third-order valence-electron chi connectivity index (χ3n) is 9.69. The quantitative estimate of drug-likeness (QED) is 0.173. The Labute approximate surface area is 277 Å². The number of aromatic nitrogens is 5. The van der Waals surface area contributed by atoms with Gasteiger partial charge in [-0.3, -0.25) is 4.79 Å². The standard InChI is InChI=1S/C19H20BrN3.C18H20N2O3/c1-12-7-8-15-16(9-12)23(2)18(17(15)13-5-3-4-6-13)19-21-10-14(20)11-22-19;1-12(21)11-18(8-3-9-18)17-19-14-6-4-13(5-7-16(22)23)10-15(14)20(17)2/h7-11,13H,3-6H2,1-2H3;4-7,10H,3,8-9,11H2,1-2H3,(H,22,23)/b;7-5+. The summed E-state index contributed by atoms with van der Waals surface area (Å²) in [6.45, 7) is 3.79. The Balaban J connectivity index is 0.000000162. The number of hydrogen-bond acceptors (Lipinski definition) is 5. The normalized spacial score (nSPS) is 16.1. The molecule has 2 aromatic carbocycles. The van der Waals surface area contributed by atoms with E-state index in [2.05, 4.69) is 67.2 Å². The van der Waals surface area contributed by atoms with Crippen LogP contribution in [0.1, 0.15) is 86.7 Å². The monoisotopic (exact) mass is 681 g/mol. The fourth-order valence-electron chi connectivity index (χ4n) is 7.42. The second kappa shape index (κ2) is 12.9. The van der Waals surface area contributed by atoms with Gasteiger partial charge in [-0.1, -0.05) is 37.5 Å². The number of imidazole rings is 1. The summed E-state index contributed by atoms with van der Waals surface area (Å²) in [4.78, 5) is 36.2. The van der Waals surface area contributed by atoms with Gasteiger partial charge in [-0.15, -0.1) is 0 Å². The van der Waals surface area contributed by atoms with Gasteiger partial charge in [0, 0.05) is 55.3 Å². The Kier molecular flexibility index (Phi) is 8.97. The zero-order valence-corrected chi connectivity index (χ0v) is 28.5. The molecule has 8 nitrogen and oxygen atoms in total. The maximum Gasteiger partial charge on any atom is 0.328 e. The summed E-state index contributed by atoms with van der Waals surface area (Å²) < 4.78 is 5.24. The van der Waals surface area contributed by atoms with E-state index in [1.165, 1.54) is 53.4 Å². The predicted octanol–water partition coefficient (Wildman–Crippen LogP) is 8.44. The van der Waals surface area contributed by atoms with Crippen LogP contribution >= 0.6 is 15.9 Å². The molecule has 2 fully saturated rings. The van der Waals surface area contributed by atoms with Crippen LogP contribution in [0.3, 0.4) is 0 Å². The number of Topliss-reactive ketones (excluding diaryl/α,β-unsaturated/α-hetero) is 1. The van der Waals surface area contributed by atoms with Gasteiger partial charge in [0.1, 0.15) is 11.6 Å². The molecule has 238 valence electrons. The van der Waals surface area contributed by atoms with E-state index < -0.39 is 5.97 Å². The molecular weight excluding hydrogens is 642 g/mol. The van der Waals surface area contributed by atoms with E-state index in [1.54, 1.807) is 13.0 Å². The molecule has 0 bridgehead atoms. The van der Waals surface area contributed by atoms with Gasteiger partial charge in [-0.05, 0) is 102 Å². The first-order chi connectivity index (χ1) is 22.1. The number of carboxylic acids is 1. The van der Waals surface area contributed by atoms with Gasteiger partial charge in [0.2, 0.25) is 0 Å².